The number of halogens is 1. The van der Waals surface area contributed by atoms with Crippen molar-refractivity contribution in [3.63, 3.8) is 0 Å². The van der Waals surface area contributed by atoms with Crippen LogP contribution in [0.1, 0.15) is 12.8 Å². The molecular weight excluding hydrogens is 314 g/mol. The Hall–Kier alpha value is -2.47. The highest BCUT2D eigenvalue weighted by Crippen LogP contribution is 2.23. The summed E-state index contributed by atoms with van der Waals surface area (Å²) in [5, 5.41) is 13.1. The van der Waals surface area contributed by atoms with Crippen molar-refractivity contribution in [2.24, 2.45) is 0 Å². The van der Waals surface area contributed by atoms with Crippen molar-refractivity contribution in [3.05, 3.63) is 41.4 Å². The van der Waals surface area contributed by atoms with Crippen molar-refractivity contribution in [3.8, 4) is 23.0 Å². The van der Waals surface area contributed by atoms with Crippen molar-refractivity contribution in [2.75, 3.05) is 18.0 Å². The highest BCUT2D eigenvalue weighted by molar-refractivity contribution is 6.30. The third-order valence-corrected chi connectivity index (χ3v) is 4.08. The number of nitrogens with zero attached hydrogens (tertiary/aromatic N) is 5. The Bertz CT molecular complexity index is 794. The monoisotopic (exact) mass is 327 g/mol. The number of hydrogen-bond acceptors (Lipinski definition) is 6. The molecule has 2 aromatic heterocycles. The van der Waals surface area contributed by atoms with E-state index in [1.165, 1.54) is 12.8 Å². The standard InChI is InChI=1S/C16H14ClN5O/c17-12-5-3-11(4-6-12)15-18-16(23-21-15)13-7-8-14(20-19-13)22-9-1-2-10-22/h3-8H,1-2,9-10H2. The van der Waals surface area contributed by atoms with Crippen LogP contribution in [0.25, 0.3) is 23.0 Å². The van der Waals surface area contributed by atoms with Crippen molar-refractivity contribution in [1.82, 2.24) is 20.3 Å². The lowest BCUT2D eigenvalue weighted by Crippen LogP contribution is -2.19. The van der Waals surface area contributed by atoms with Crippen LogP contribution in [0.5, 0.6) is 0 Å². The van der Waals surface area contributed by atoms with Crippen molar-refractivity contribution >= 4 is 17.4 Å². The number of benzene rings is 1. The Labute approximate surface area is 138 Å². The zero-order valence-corrected chi connectivity index (χ0v) is 13.1. The van der Waals surface area contributed by atoms with E-state index in [-0.39, 0.29) is 0 Å². The quantitative estimate of drug-likeness (QED) is 0.734. The molecule has 1 aliphatic heterocycles. The average Bonchev–Trinajstić information content (AvgIpc) is 3.28. The fourth-order valence-corrected chi connectivity index (χ4v) is 2.72. The highest BCUT2D eigenvalue weighted by atomic mass is 35.5. The number of hydrogen-bond donors (Lipinski definition) is 0. The summed E-state index contributed by atoms with van der Waals surface area (Å²) >= 11 is 5.88. The predicted molar refractivity (Wildman–Crippen MR) is 87.2 cm³/mol. The Morgan fingerprint density at radius 2 is 1.74 bits per heavy atom. The topological polar surface area (TPSA) is 67.9 Å². The lowest BCUT2D eigenvalue weighted by molar-refractivity contribution is 0.430. The van der Waals surface area contributed by atoms with E-state index in [2.05, 4.69) is 25.2 Å². The molecule has 0 aliphatic carbocycles. The maximum atomic E-state index is 5.88. The van der Waals surface area contributed by atoms with Crippen LogP contribution in [0.15, 0.2) is 40.9 Å². The van der Waals surface area contributed by atoms with Gasteiger partial charge in [-0.25, -0.2) is 0 Å². The molecule has 1 aromatic carbocycles. The summed E-state index contributed by atoms with van der Waals surface area (Å²) in [6, 6.07) is 11.1. The van der Waals surface area contributed by atoms with Crippen molar-refractivity contribution in [1.29, 1.82) is 0 Å². The second-order valence-corrected chi connectivity index (χ2v) is 5.84. The molecule has 3 heterocycles. The molecular formula is C16H14ClN5O. The molecule has 0 bridgehead atoms. The van der Waals surface area contributed by atoms with Crippen LogP contribution in [0.2, 0.25) is 5.02 Å². The zero-order valence-electron chi connectivity index (χ0n) is 12.3. The summed E-state index contributed by atoms with van der Waals surface area (Å²) in [6.45, 7) is 2.07. The largest absolute Gasteiger partial charge is 0.355 e. The lowest BCUT2D eigenvalue weighted by Gasteiger charge is -2.14. The molecule has 1 fully saturated rings. The van der Waals surface area contributed by atoms with E-state index in [9.17, 15) is 0 Å². The van der Waals surface area contributed by atoms with Crippen LogP contribution in [-0.4, -0.2) is 33.4 Å². The summed E-state index contributed by atoms with van der Waals surface area (Å²) < 4.78 is 5.29. The van der Waals surface area contributed by atoms with Crippen LogP contribution >= 0.6 is 11.6 Å². The summed E-state index contributed by atoms with van der Waals surface area (Å²) in [7, 11) is 0. The molecule has 6 nitrogen and oxygen atoms in total. The van der Waals surface area contributed by atoms with E-state index in [1.807, 2.05) is 24.3 Å². The highest BCUT2D eigenvalue weighted by Gasteiger charge is 2.16. The normalized spacial score (nSPS) is 14.4. The van der Waals surface area contributed by atoms with Gasteiger partial charge in [-0.15, -0.1) is 10.2 Å². The van der Waals surface area contributed by atoms with E-state index >= 15 is 0 Å². The fraction of sp³-hybridized carbons (Fsp3) is 0.250. The predicted octanol–water partition coefficient (Wildman–Crippen LogP) is 3.45. The van der Waals surface area contributed by atoms with Gasteiger partial charge in [0, 0.05) is 23.7 Å². The third kappa shape index (κ3) is 2.90. The van der Waals surface area contributed by atoms with Crippen molar-refractivity contribution in [2.45, 2.75) is 12.8 Å². The Morgan fingerprint density at radius 3 is 2.43 bits per heavy atom. The fourth-order valence-electron chi connectivity index (χ4n) is 2.60. The van der Waals surface area contributed by atoms with Gasteiger partial charge in [0.15, 0.2) is 11.5 Å². The second-order valence-electron chi connectivity index (χ2n) is 5.40. The third-order valence-electron chi connectivity index (χ3n) is 3.83. The molecule has 1 saturated heterocycles. The maximum Gasteiger partial charge on any atom is 0.278 e. The van der Waals surface area contributed by atoms with Gasteiger partial charge in [0.25, 0.3) is 5.89 Å². The molecule has 23 heavy (non-hydrogen) atoms. The van der Waals surface area contributed by atoms with Crippen LogP contribution in [0.3, 0.4) is 0 Å². The molecule has 0 radical (unpaired) electrons. The molecule has 116 valence electrons. The minimum absolute atomic E-state index is 0.357. The number of anilines is 1. The summed E-state index contributed by atoms with van der Waals surface area (Å²) in [4.78, 5) is 6.60. The van der Waals surface area contributed by atoms with Crippen LogP contribution in [0, 0.1) is 0 Å². The second kappa shape index (κ2) is 5.96. The van der Waals surface area contributed by atoms with Gasteiger partial charge in [-0.05, 0) is 49.2 Å². The first-order valence-corrected chi connectivity index (χ1v) is 7.86. The molecule has 1 aliphatic rings. The Kier molecular flexibility index (Phi) is 3.67. The van der Waals surface area contributed by atoms with Gasteiger partial charge in [0.2, 0.25) is 5.82 Å². The van der Waals surface area contributed by atoms with E-state index in [4.69, 9.17) is 16.1 Å². The van der Waals surface area contributed by atoms with Gasteiger partial charge in [0.1, 0.15) is 0 Å². The molecule has 0 unspecified atom stereocenters. The van der Waals surface area contributed by atoms with E-state index in [0.29, 0.717) is 22.4 Å². The maximum absolute atomic E-state index is 5.88. The van der Waals surface area contributed by atoms with E-state index in [1.54, 1.807) is 12.1 Å². The minimum atomic E-state index is 0.357. The van der Waals surface area contributed by atoms with Gasteiger partial charge in [-0.3, -0.25) is 0 Å². The first-order chi connectivity index (χ1) is 11.3. The summed E-state index contributed by atoms with van der Waals surface area (Å²) in [5.41, 5.74) is 1.41. The summed E-state index contributed by atoms with van der Waals surface area (Å²) in [5.74, 6) is 1.75. The van der Waals surface area contributed by atoms with Gasteiger partial charge in [-0.2, -0.15) is 4.98 Å². The minimum Gasteiger partial charge on any atom is -0.355 e. The molecule has 0 spiro atoms. The van der Waals surface area contributed by atoms with E-state index < -0.39 is 0 Å². The molecule has 4 rings (SSSR count). The van der Waals surface area contributed by atoms with Crippen LogP contribution < -0.4 is 4.90 Å². The SMILES string of the molecule is Clc1ccc(-c2noc(-c3ccc(N4CCCC4)nn3)n2)cc1. The van der Waals surface area contributed by atoms with Gasteiger partial charge in [0.05, 0.1) is 0 Å². The van der Waals surface area contributed by atoms with E-state index in [0.717, 1.165) is 24.5 Å². The Morgan fingerprint density at radius 1 is 0.957 bits per heavy atom. The number of aromatic nitrogens is 4. The Balaban J connectivity index is 1.57. The van der Waals surface area contributed by atoms with Gasteiger partial charge in [-0.1, -0.05) is 16.8 Å². The molecule has 7 heteroatoms. The van der Waals surface area contributed by atoms with Crippen molar-refractivity contribution < 1.29 is 4.52 Å². The summed E-state index contributed by atoms with van der Waals surface area (Å²) in [6.07, 6.45) is 2.41. The average molecular weight is 328 g/mol. The molecule has 0 amide bonds. The number of rotatable bonds is 3. The first-order valence-electron chi connectivity index (χ1n) is 7.48. The zero-order chi connectivity index (χ0) is 15.6. The van der Waals surface area contributed by atoms with Crippen LogP contribution in [-0.2, 0) is 0 Å². The lowest BCUT2D eigenvalue weighted by atomic mass is 10.2. The van der Waals surface area contributed by atoms with Gasteiger partial charge >= 0.3 is 0 Å². The first kappa shape index (κ1) is 14.1. The smallest absolute Gasteiger partial charge is 0.278 e. The molecule has 0 atom stereocenters. The molecule has 3 aromatic rings. The molecule has 0 N–H and O–H groups in total. The molecule has 0 saturated carbocycles. The van der Waals surface area contributed by atoms with Crippen LogP contribution in [0.4, 0.5) is 5.82 Å². The van der Waals surface area contributed by atoms with Gasteiger partial charge < -0.3 is 9.42 Å².